The Bertz CT molecular complexity index is 538. The molecule has 1 fully saturated rings. The maximum absolute atomic E-state index is 11.4. The molecule has 112 valence electrons. The van der Waals surface area contributed by atoms with Crippen LogP contribution in [0.2, 0.25) is 0 Å². The molecule has 0 spiro atoms. The number of aliphatic imine (C=N–C) groups is 1. The van der Waals surface area contributed by atoms with Gasteiger partial charge < -0.3 is 10.6 Å². The third-order valence-corrected chi connectivity index (χ3v) is 5.80. The van der Waals surface area contributed by atoms with Gasteiger partial charge in [0.2, 0.25) is 0 Å². The van der Waals surface area contributed by atoms with E-state index >= 15 is 0 Å². The van der Waals surface area contributed by atoms with Crippen molar-refractivity contribution in [2.75, 3.05) is 24.6 Å². The first-order chi connectivity index (χ1) is 9.59. The highest BCUT2D eigenvalue weighted by Crippen LogP contribution is 2.17. The Morgan fingerprint density at radius 1 is 1.50 bits per heavy atom. The first-order valence-corrected chi connectivity index (χ1v) is 9.59. The Morgan fingerprint density at radius 3 is 2.95 bits per heavy atom. The third-order valence-electron chi connectivity index (χ3n) is 3.23. The Balaban J connectivity index is 1.84. The molecule has 7 heteroatoms. The smallest absolute Gasteiger partial charge is 0.191 e. The number of hydrogen-bond acceptors (Lipinski definition) is 4. The van der Waals surface area contributed by atoms with Crippen LogP contribution in [0.4, 0.5) is 0 Å². The summed E-state index contributed by atoms with van der Waals surface area (Å²) in [4.78, 5) is 4.50. The molecule has 1 aliphatic heterocycles. The first kappa shape index (κ1) is 15.3. The van der Waals surface area contributed by atoms with Crippen molar-refractivity contribution in [2.45, 2.75) is 19.9 Å². The van der Waals surface area contributed by atoms with Crippen LogP contribution in [0.5, 0.6) is 0 Å². The number of sulfone groups is 1. The van der Waals surface area contributed by atoms with Crippen LogP contribution in [-0.4, -0.2) is 39.0 Å². The lowest BCUT2D eigenvalue weighted by atomic mass is 10.1. The van der Waals surface area contributed by atoms with Gasteiger partial charge in [-0.05, 0) is 41.7 Å². The SMILES string of the molecule is CCNC(=NCc1ccsc1)NCC1CCS(=O)(=O)C1. The average molecular weight is 315 g/mol. The standard InChI is InChI=1S/C13H21N3O2S2/c1-2-14-13(15-7-11-3-5-19-9-11)16-8-12-4-6-20(17,18)10-12/h3,5,9,12H,2,4,6-8,10H2,1H3,(H2,14,15,16). The van der Waals surface area contributed by atoms with Crippen LogP contribution in [0, 0.1) is 5.92 Å². The van der Waals surface area contributed by atoms with Crippen LogP contribution in [0.25, 0.3) is 0 Å². The quantitative estimate of drug-likeness (QED) is 0.633. The van der Waals surface area contributed by atoms with Gasteiger partial charge in [-0.25, -0.2) is 13.4 Å². The van der Waals surface area contributed by atoms with Gasteiger partial charge in [0.15, 0.2) is 15.8 Å². The van der Waals surface area contributed by atoms with E-state index < -0.39 is 9.84 Å². The number of nitrogens with one attached hydrogen (secondary N) is 2. The van der Waals surface area contributed by atoms with Crippen molar-refractivity contribution in [1.82, 2.24) is 10.6 Å². The van der Waals surface area contributed by atoms with E-state index in [0.29, 0.717) is 24.6 Å². The van der Waals surface area contributed by atoms with E-state index in [1.807, 2.05) is 12.3 Å². The van der Waals surface area contributed by atoms with E-state index in [-0.39, 0.29) is 5.92 Å². The van der Waals surface area contributed by atoms with Crippen LogP contribution in [0.3, 0.4) is 0 Å². The second-order valence-electron chi connectivity index (χ2n) is 4.98. The summed E-state index contributed by atoms with van der Waals surface area (Å²) >= 11 is 1.66. The van der Waals surface area contributed by atoms with Crippen molar-refractivity contribution in [2.24, 2.45) is 10.9 Å². The number of nitrogens with zero attached hydrogens (tertiary/aromatic N) is 1. The molecule has 20 heavy (non-hydrogen) atoms. The van der Waals surface area contributed by atoms with E-state index in [9.17, 15) is 8.42 Å². The highest BCUT2D eigenvalue weighted by atomic mass is 32.2. The largest absolute Gasteiger partial charge is 0.357 e. The summed E-state index contributed by atoms with van der Waals surface area (Å²) in [5.41, 5.74) is 1.19. The second kappa shape index (κ2) is 7.08. The van der Waals surface area contributed by atoms with Crippen molar-refractivity contribution in [3.63, 3.8) is 0 Å². The summed E-state index contributed by atoms with van der Waals surface area (Å²) in [5.74, 6) is 1.57. The van der Waals surface area contributed by atoms with Gasteiger partial charge in [-0.2, -0.15) is 11.3 Å². The van der Waals surface area contributed by atoms with Gasteiger partial charge in [-0.3, -0.25) is 0 Å². The molecule has 2 N–H and O–H groups in total. The van der Waals surface area contributed by atoms with E-state index in [4.69, 9.17) is 0 Å². The maximum atomic E-state index is 11.4. The van der Waals surface area contributed by atoms with E-state index in [1.165, 1.54) is 5.56 Å². The van der Waals surface area contributed by atoms with Gasteiger partial charge in [0.05, 0.1) is 18.1 Å². The maximum Gasteiger partial charge on any atom is 0.191 e. The van der Waals surface area contributed by atoms with Gasteiger partial charge >= 0.3 is 0 Å². The van der Waals surface area contributed by atoms with Crippen LogP contribution < -0.4 is 10.6 Å². The summed E-state index contributed by atoms with van der Waals surface area (Å²) in [6, 6.07) is 2.06. The fourth-order valence-corrected chi connectivity index (χ4v) is 4.69. The van der Waals surface area contributed by atoms with Crippen LogP contribution in [0.15, 0.2) is 21.8 Å². The summed E-state index contributed by atoms with van der Waals surface area (Å²) in [5, 5.41) is 10.5. The summed E-state index contributed by atoms with van der Waals surface area (Å²) in [7, 11) is -2.80. The van der Waals surface area contributed by atoms with Crippen molar-refractivity contribution in [3.05, 3.63) is 22.4 Å². The molecule has 2 rings (SSSR count). The lowest BCUT2D eigenvalue weighted by Crippen LogP contribution is -2.40. The zero-order valence-electron chi connectivity index (χ0n) is 11.6. The third kappa shape index (κ3) is 4.79. The van der Waals surface area contributed by atoms with Crippen molar-refractivity contribution in [3.8, 4) is 0 Å². The number of hydrogen-bond donors (Lipinski definition) is 2. The fraction of sp³-hybridized carbons (Fsp3) is 0.615. The number of rotatable bonds is 5. The van der Waals surface area contributed by atoms with Crippen LogP contribution >= 0.6 is 11.3 Å². The number of guanidine groups is 1. The molecule has 5 nitrogen and oxygen atoms in total. The second-order valence-corrected chi connectivity index (χ2v) is 7.99. The molecule has 0 amide bonds. The van der Waals surface area contributed by atoms with Crippen molar-refractivity contribution >= 4 is 27.1 Å². The van der Waals surface area contributed by atoms with Gasteiger partial charge in [0, 0.05) is 13.1 Å². The van der Waals surface area contributed by atoms with E-state index in [2.05, 4.69) is 27.1 Å². The van der Waals surface area contributed by atoms with Gasteiger partial charge in [-0.1, -0.05) is 0 Å². The monoisotopic (exact) mass is 315 g/mol. The molecule has 0 bridgehead atoms. The van der Waals surface area contributed by atoms with Gasteiger partial charge in [-0.15, -0.1) is 0 Å². The summed E-state index contributed by atoms with van der Waals surface area (Å²) in [6.07, 6.45) is 0.749. The molecule has 0 radical (unpaired) electrons. The zero-order valence-corrected chi connectivity index (χ0v) is 13.3. The van der Waals surface area contributed by atoms with Crippen LogP contribution in [0.1, 0.15) is 18.9 Å². The minimum absolute atomic E-state index is 0.199. The Morgan fingerprint density at radius 2 is 2.35 bits per heavy atom. The van der Waals surface area contributed by atoms with Crippen molar-refractivity contribution in [1.29, 1.82) is 0 Å². The summed E-state index contributed by atoms with van der Waals surface area (Å²) < 4.78 is 22.8. The molecular formula is C13H21N3O2S2. The Kier molecular flexibility index (Phi) is 5.42. The Labute approximate surface area is 124 Å². The van der Waals surface area contributed by atoms with Crippen LogP contribution in [-0.2, 0) is 16.4 Å². The highest BCUT2D eigenvalue weighted by Gasteiger charge is 2.27. The fourth-order valence-electron chi connectivity index (χ4n) is 2.17. The summed E-state index contributed by atoms with van der Waals surface area (Å²) in [6.45, 7) is 4.11. The number of thiophene rings is 1. The molecule has 2 heterocycles. The molecule has 1 aliphatic rings. The molecule has 1 unspecified atom stereocenters. The molecule has 0 aliphatic carbocycles. The molecule has 1 aromatic rings. The zero-order chi connectivity index (χ0) is 14.4. The van der Waals surface area contributed by atoms with Gasteiger partial charge in [0.1, 0.15) is 0 Å². The predicted octanol–water partition coefficient (Wildman–Crippen LogP) is 1.24. The lowest BCUT2D eigenvalue weighted by molar-refractivity contribution is 0.567. The minimum Gasteiger partial charge on any atom is -0.357 e. The molecule has 1 aromatic heterocycles. The van der Waals surface area contributed by atoms with Gasteiger partial charge in [0.25, 0.3) is 0 Å². The molecule has 0 saturated carbocycles. The normalized spacial score (nSPS) is 21.9. The molecule has 0 aromatic carbocycles. The minimum atomic E-state index is -2.80. The topological polar surface area (TPSA) is 70.6 Å². The predicted molar refractivity (Wildman–Crippen MR) is 83.9 cm³/mol. The highest BCUT2D eigenvalue weighted by molar-refractivity contribution is 7.91. The van der Waals surface area contributed by atoms with E-state index in [0.717, 1.165) is 18.9 Å². The lowest BCUT2D eigenvalue weighted by Gasteiger charge is -2.14. The average Bonchev–Trinajstić information content (AvgIpc) is 3.02. The Hall–Kier alpha value is -1.08. The van der Waals surface area contributed by atoms with Crippen molar-refractivity contribution < 1.29 is 8.42 Å². The molecule has 1 atom stereocenters. The molecule has 1 saturated heterocycles. The first-order valence-electron chi connectivity index (χ1n) is 6.83. The molecular weight excluding hydrogens is 294 g/mol. The van der Waals surface area contributed by atoms with E-state index in [1.54, 1.807) is 11.3 Å².